The molecule has 0 N–H and O–H groups in total. The van der Waals surface area contributed by atoms with Crippen LogP contribution in [-0.2, 0) is 9.53 Å². The molecule has 0 radical (unpaired) electrons. The number of aromatic nitrogens is 2. The second kappa shape index (κ2) is 8.35. The monoisotopic (exact) mass is 410 g/mol. The third kappa shape index (κ3) is 3.91. The van der Waals surface area contributed by atoms with Crippen LogP contribution < -0.4 is 4.90 Å². The minimum absolute atomic E-state index is 0.298. The number of hydrogen-bond acceptors (Lipinski definition) is 6. The number of nitrogens with zero attached hydrogens (tertiary/aromatic N) is 4. The highest BCUT2D eigenvalue weighted by Gasteiger charge is 2.33. The van der Waals surface area contributed by atoms with Crippen LogP contribution in [0.1, 0.15) is 17.3 Å². The lowest BCUT2D eigenvalue weighted by atomic mass is 10.0. The van der Waals surface area contributed by atoms with Crippen molar-refractivity contribution >= 4 is 34.4 Å². The zero-order valence-electron chi connectivity index (χ0n) is 16.5. The van der Waals surface area contributed by atoms with Crippen molar-refractivity contribution in [3.05, 3.63) is 64.8 Å². The van der Waals surface area contributed by atoms with Crippen molar-refractivity contribution in [3.63, 3.8) is 0 Å². The third-order valence-electron chi connectivity index (χ3n) is 5.32. The zero-order valence-corrected chi connectivity index (χ0v) is 17.3. The van der Waals surface area contributed by atoms with Crippen LogP contribution >= 0.6 is 11.6 Å². The largest absolute Gasteiger partial charge is 0.468 e. The number of carbonyl (C=O) groups is 1. The molecule has 3 aromatic rings. The van der Waals surface area contributed by atoms with Crippen molar-refractivity contribution in [2.75, 3.05) is 38.2 Å². The van der Waals surface area contributed by atoms with E-state index in [-0.39, 0.29) is 5.97 Å². The molecule has 1 aliphatic rings. The van der Waals surface area contributed by atoms with Gasteiger partial charge in [0.2, 0.25) is 0 Å². The lowest BCUT2D eigenvalue weighted by Gasteiger charge is -2.39. The maximum Gasteiger partial charge on any atom is 0.327 e. The zero-order chi connectivity index (χ0) is 20.4. The number of carbonyl (C=O) groups excluding carboxylic acids is 1. The van der Waals surface area contributed by atoms with Crippen molar-refractivity contribution in [1.29, 1.82) is 0 Å². The number of halogens is 1. The van der Waals surface area contributed by atoms with Crippen LogP contribution in [0.2, 0.25) is 5.02 Å². The predicted molar refractivity (Wildman–Crippen MR) is 114 cm³/mol. The van der Waals surface area contributed by atoms with Crippen LogP contribution in [-0.4, -0.2) is 54.1 Å². The van der Waals surface area contributed by atoms with E-state index in [1.807, 2.05) is 49.4 Å². The van der Waals surface area contributed by atoms with Crippen LogP contribution in [0.15, 0.2) is 48.5 Å². The van der Waals surface area contributed by atoms with E-state index in [0.29, 0.717) is 18.1 Å². The molecule has 0 aliphatic carbocycles. The number of piperazine rings is 1. The molecular weight excluding hydrogens is 388 g/mol. The number of methoxy groups -OCH3 is 1. The number of benzene rings is 2. The maximum atomic E-state index is 12.6. The number of aryl methyl sites for hydroxylation is 1. The van der Waals surface area contributed by atoms with Gasteiger partial charge in [-0.05, 0) is 30.7 Å². The van der Waals surface area contributed by atoms with E-state index in [1.165, 1.54) is 7.11 Å². The topological polar surface area (TPSA) is 58.6 Å². The number of fused-ring (bicyclic) bond motifs is 1. The van der Waals surface area contributed by atoms with Gasteiger partial charge < -0.3 is 9.64 Å². The second-order valence-corrected chi connectivity index (χ2v) is 7.50. The molecule has 2 aromatic carbocycles. The van der Waals surface area contributed by atoms with Crippen molar-refractivity contribution in [1.82, 2.24) is 14.9 Å². The Hall–Kier alpha value is -2.70. The van der Waals surface area contributed by atoms with Gasteiger partial charge in [0.1, 0.15) is 6.04 Å². The molecular formula is C22H23ClN4O2. The van der Waals surface area contributed by atoms with Crippen molar-refractivity contribution in [2.45, 2.75) is 13.0 Å². The fourth-order valence-electron chi connectivity index (χ4n) is 3.85. The number of hydrogen-bond donors (Lipinski definition) is 0. The van der Waals surface area contributed by atoms with Gasteiger partial charge in [-0.15, -0.1) is 0 Å². The van der Waals surface area contributed by atoms with E-state index in [2.05, 4.69) is 9.80 Å². The second-order valence-electron chi connectivity index (χ2n) is 7.09. The van der Waals surface area contributed by atoms with Gasteiger partial charge in [0.05, 0.1) is 23.8 Å². The van der Waals surface area contributed by atoms with Crippen LogP contribution in [0, 0.1) is 6.92 Å². The number of esters is 1. The average molecular weight is 411 g/mol. The Kier molecular flexibility index (Phi) is 5.65. The summed E-state index contributed by atoms with van der Waals surface area (Å²) in [5.41, 5.74) is 3.47. The number of rotatable bonds is 4. The fraction of sp³-hybridized carbons (Fsp3) is 0.318. The third-order valence-corrected chi connectivity index (χ3v) is 5.67. The Morgan fingerprint density at radius 1 is 1.00 bits per heavy atom. The minimum Gasteiger partial charge on any atom is -0.468 e. The molecule has 0 bridgehead atoms. The summed E-state index contributed by atoms with van der Waals surface area (Å²) in [5.74, 6) is 0.601. The van der Waals surface area contributed by atoms with E-state index in [0.717, 1.165) is 41.2 Å². The number of para-hydroxylation sites is 2. The molecule has 1 fully saturated rings. The summed E-state index contributed by atoms with van der Waals surface area (Å²) in [5, 5.41) is 0.571. The summed E-state index contributed by atoms with van der Waals surface area (Å²) >= 11 is 6.38. The number of ether oxygens (including phenoxy) is 1. The van der Waals surface area contributed by atoms with Crippen LogP contribution in [0.25, 0.3) is 11.0 Å². The van der Waals surface area contributed by atoms with Crippen molar-refractivity contribution in [3.8, 4) is 0 Å². The van der Waals surface area contributed by atoms with E-state index in [4.69, 9.17) is 26.3 Å². The Balaban J connectivity index is 1.56. The molecule has 2 heterocycles. The first-order chi connectivity index (χ1) is 14.1. The summed E-state index contributed by atoms with van der Waals surface area (Å²) in [4.78, 5) is 26.4. The summed E-state index contributed by atoms with van der Waals surface area (Å²) in [6.45, 7) is 4.86. The molecule has 0 saturated carbocycles. The molecule has 0 spiro atoms. The first-order valence-electron chi connectivity index (χ1n) is 9.63. The summed E-state index contributed by atoms with van der Waals surface area (Å²) in [7, 11) is 1.41. The van der Waals surface area contributed by atoms with E-state index in [1.54, 1.807) is 6.07 Å². The van der Waals surface area contributed by atoms with Gasteiger partial charge in [0, 0.05) is 31.2 Å². The smallest absolute Gasteiger partial charge is 0.327 e. The van der Waals surface area contributed by atoms with Gasteiger partial charge in [-0.25, -0.2) is 14.8 Å². The molecule has 7 heteroatoms. The highest BCUT2D eigenvalue weighted by molar-refractivity contribution is 6.31. The molecule has 1 atom stereocenters. The molecule has 29 heavy (non-hydrogen) atoms. The van der Waals surface area contributed by atoms with Crippen LogP contribution in [0.5, 0.6) is 0 Å². The normalized spacial score (nSPS) is 16.0. The molecule has 1 aromatic heterocycles. The molecule has 4 rings (SSSR count). The maximum absolute atomic E-state index is 12.6. The predicted octanol–water partition coefficient (Wildman–Crippen LogP) is 3.63. The molecule has 150 valence electrons. The van der Waals surface area contributed by atoms with Crippen LogP contribution in [0.3, 0.4) is 0 Å². The highest BCUT2D eigenvalue weighted by atomic mass is 35.5. The quantitative estimate of drug-likeness (QED) is 0.612. The van der Waals surface area contributed by atoms with Crippen LogP contribution in [0.4, 0.5) is 5.82 Å². The first kappa shape index (κ1) is 19.6. The molecule has 0 amide bonds. The summed E-state index contributed by atoms with van der Waals surface area (Å²) in [6, 6.07) is 14.8. The average Bonchev–Trinajstić information content (AvgIpc) is 2.75. The standard InChI is InChI=1S/C22H23ClN4O2/c1-15-21(25-19-10-6-5-9-18(19)24-15)27-13-11-26(12-14-27)20(22(28)29-2)16-7-3-4-8-17(16)23/h3-10,20H,11-14H2,1-2H3/t20-/m0/s1. The minimum atomic E-state index is -0.514. The SMILES string of the molecule is COC(=O)[C@H](c1ccccc1Cl)N1CCN(c2nc3ccccc3nc2C)CC1. The molecule has 1 aliphatic heterocycles. The summed E-state index contributed by atoms with van der Waals surface area (Å²) in [6.07, 6.45) is 0. The van der Waals surface area contributed by atoms with Crippen molar-refractivity contribution < 1.29 is 9.53 Å². The Labute approximate surface area is 175 Å². The van der Waals surface area contributed by atoms with Gasteiger partial charge in [-0.3, -0.25) is 4.90 Å². The fourth-order valence-corrected chi connectivity index (χ4v) is 4.09. The first-order valence-corrected chi connectivity index (χ1v) is 10.0. The molecule has 6 nitrogen and oxygen atoms in total. The highest BCUT2D eigenvalue weighted by Crippen LogP contribution is 2.30. The van der Waals surface area contributed by atoms with Gasteiger partial charge in [-0.1, -0.05) is 41.9 Å². The van der Waals surface area contributed by atoms with Gasteiger partial charge in [-0.2, -0.15) is 0 Å². The van der Waals surface area contributed by atoms with Gasteiger partial charge in [0.25, 0.3) is 0 Å². The van der Waals surface area contributed by atoms with E-state index >= 15 is 0 Å². The lowest BCUT2D eigenvalue weighted by molar-refractivity contribution is -0.147. The molecule has 1 saturated heterocycles. The summed E-state index contributed by atoms with van der Waals surface area (Å²) < 4.78 is 5.08. The van der Waals surface area contributed by atoms with Crippen molar-refractivity contribution in [2.24, 2.45) is 0 Å². The van der Waals surface area contributed by atoms with Gasteiger partial charge >= 0.3 is 5.97 Å². The molecule has 0 unspecified atom stereocenters. The Bertz CT molecular complexity index is 1030. The lowest BCUT2D eigenvalue weighted by Crippen LogP contribution is -2.50. The van der Waals surface area contributed by atoms with Gasteiger partial charge in [0.15, 0.2) is 5.82 Å². The van der Waals surface area contributed by atoms with E-state index < -0.39 is 6.04 Å². The number of anilines is 1. The van der Waals surface area contributed by atoms with E-state index in [9.17, 15) is 4.79 Å². The Morgan fingerprint density at radius 2 is 1.62 bits per heavy atom. The Morgan fingerprint density at radius 3 is 2.28 bits per heavy atom.